The van der Waals surface area contributed by atoms with E-state index >= 15 is 0 Å². The second-order valence-corrected chi connectivity index (χ2v) is 8.55. The molecule has 0 bridgehead atoms. The summed E-state index contributed by atoms with van der Waals surface area (Å²) in [6.07, 6.45) is 6.58. The third kappa shape index (κ3) is 8.32. The lowest BCUT2D eigenvalue weighted by Gasteiger charge is -2.12. The number of carbonyl (C=O) groups excluding carboxylic acids is 1. The van der Waals surface area contributed by atoms with E-state index in [4.69, 9.17) is 15.0 Å². The van der Waals surface area contributed by atoms with Crippen molar-refractivity contribution in [2.45, 2.75) is 46.1 Å². The van der Waals surface area contributed by atoms with Gasteiger partial charge < -0.3 is 24.7 Å². The number of aromatic nitrogens is 2. The summed E-state index contributed by atoms with van der Waals surface area (Å²) in [5, 5.41) is 29.6. The average molecular weight is 484 g/mol. The Labute approximate surface area is 201 Å². The van der Waals surface area contributed by atoms with Crippen LogP contribution in [-0.2, 0) is 29.0 Å². The molecule has 0 aliphatic rings. The molecule has 2 N–H and O–H groups in total. The SMILES string of the molecule is CC(=O)[O-].CCCCc1ncc(/C=C(\Cc2cccs2)C(=O)O)n1Cc1ccc(C(=O)O)cc1. The Morgan fingerprint density at radius 1 is 1.15 bits per heavy atom. The van der Waals surface area contributed by atoms with Gasteiger partial charge in [0.05, 0.1) is 17.5 Å². The third-order valence-corrected chi connectivity index (χ3v) is 5.68. The number of carbonyl (C=O) groups is 3. The average Bonchev–Trinajstić information content (AvgIpc) is 3.42. The van der Waals surface area contributed by atoms with Crippen LogP contribution in [0.2, 0.25) is 0 Å². The van der Waals surface area contributed by atoms with Gasteiger partial charge in [-0.05, 0) is 48.6 Å². The van der Waals surface area contributed by atoms with Crippen LogP contribution >= 0.6 is 11.3 Å². The number of aryl methyl sites for hydroxylation is 1. The number of hydrogen-bond acceptors (Lipinski definition) is 6. The summed E-state index contributed by atoms with van der Waals surface area (Å²) in [5.74, 6) is -2.10. The molecule has 0 aliphatic heterocycles. The molecule has 9 heteroatoms. The van der Waals surface area contributed by atoms with Crippen LogP contribution in [0.4, 0.5) is 0 Å². The van der Waals surface area contributed by atoms with E-state index in [1.165, 1.54) is 11.3 Å². The predicted octanol–water partition coefficient (Wildman–Crippen LogP) is 3.50. The largest absolute Gasteiger partial charge is 0.550 e. The van der Waals surface area contributed by atoms with E-state index < -0.39 is 17.9 Å². The van der Waals surface area contributed by atoms with Crippen LogP contribution in [0.15, 0.2) is 53.5 Å². The van der Waals surface area contributed by atoms with Crippen molar-refractivity contribution >= 4 is 35.3 Å². The third-order valence-electron chi connectivity index (χ3n) is 4.81. The molecule has 0 amide bonds. The first kappa shape index (κ1) is 26.5. The Hall–Kier alpha value is -3.72. The summed E-state index contributed by atoms with van der Waals surface area (Å²) < 4.78 is 2.02. The maximum atomic E-state index is 11.8. The van der Waals surface area contributed by atoms with Gasteiger partial charge in [-0.2, -0.15) is 0 Å². The Balaban J connectivity index is 0.000000945. The van der Waals surface area contributed by atoms with Crippen LogP contribution in [0.25, 0.3) is 6.08 Å². The first-order chi connectivity index (χ1) is 16.2. The highest BCUT2D eigenvalue weighted by molar-refractivity contribution is 7.09. The highest BCUT2D eigenvalue weighted by Crippen LogP contribution is 2.20. The number of carboxylic acids is 3. The number of carboxylic acid groups (broad SMARTS) is 3. The molecule has 1 aromatic carbocycles. The van der Waals surface area contributed by atoms with Gasteiger partial charge in [-0.15, -0.1) is 11.3 Å². The quantitative estimate of drug-likeness (QED) is 0.422. The molecule has 0 saturated heterocycles. The summed E-state index contributed by atoms with van der Waals surface area (Å²) in [4.78, 5) is 37.3. The Morgan fingerprint density at radius 3 is 2.35 bits per heavy atom. The lowest BCUT2D eigenvalue weighted by atomic mass is 10.1. The second kappa shape index (κ2) is 13.1. The molecule has 0 radical (unpaired) electrons. The number of nitrogens with zero attached hydrogens (tertiary/aromatic N) is 2. The number of aromatic carboxylic acids is 1. The predicted molar refractivity (Wildman–Crippen MR) is 128 cm³/mol. The van der Waals surface area contributed by atoms with Crippen LogP contribution in [0.5, 0.6) is 0 Å². The van der Waals surface area contributed by atoms with Crippen molar-refractivity contribution in [1.29, 1.82) is 0 Å². The monoisotopic (exact) mass is 483 g/mol. The summed E-state index contributed by atoms with van der Waals surface area (Å²) in [6, 6.07) is 10.6. The van der Waals surface area contributed by atoms with Crippen molar-refractivity contribution in [3.8, 4) is 0 Å². The maximum Gasteiger partial charge on any atom is 0.335 e. The summed E-state index contributed by atoms with van der Waals surface area (Å²) in [5.41, 5.74) is 2.21. The number of hydrogen-bond donors (Lipinski definition) is 2. The van der Waals surface area contributed by atoms with E-state index in [0.29, 0.717) is 18.5 Å². The first-order valence-corrected chi connectivity index (χ1v) is 11.6. The molecule has 0 atom stereocenters. The molecule has 0 aliphatic carbocycles. The van der Waals surface area contributed by atoms with Gasteiger partial charge in [0.1, 0.15) is 5.82 Å². The van der Waals surface area contributed by atoms with E-state index in [0.717, 1.165) is 48.1 Å². The molecule has 2 aromatic heterocycles. The number of aliphatic carboxylic acids is 2. The fraction of sp³-hybridized carbons (Fsp3) is 0.280. The fourth-order valence-electron chi connectivity index (χ4n) is 3.16. The molecule has 8 nitrogen and oxygen atoms in total. The molecular formula is C25H27N2O6S-. The smallest absolute Gasteiger partial charge is 0.335 e. The van der Waals surface area contributed by atoms with E-state index in [-0.39, 0.29) is 5.56 Å². The van der Waals surface area contributed by atoms with Crippen LogP contribution in [0.3, 0.4) is 0 Å². The van der Waals surface area contributed by atoms with Gasteiger partial charge in [-0.25, -0.2) is 14.6 Å². The van der Waals surface area contributed by atoms with Gasteiger partial charge >= 0.3 is 11.9 Å². The molecule has 0 spiro atoms. The van der Waals surface area contributed by atoms with Crippen LogP contribution in [0, 0.1) is 0 Å². The van der Waals surface area contributed by atoms with E-state index in [1.807, 2.05) is 22.1 Å². The zero-order chi connectivity index (χ0) is 25.1. The fourth-order valence-corrected chi connectivity index (χ4v) is 3.89. The normalized spacial score (nSPS) is 10.9. The van der Waals surface area contributed by atoms with Gasteiger partial charge in [0.2, 0.25) is 0 Å². The molecule has 3 rings (SSSR count). The minimum atomic E-state index is -1.08. The highest BCUT2D eigenvalue weighted by atomic mass is 32.1. The zero-order valence-corrected chi connectivity index (χ0v) is 19.9. The van der Waals surface area contributed by atoms with Crippen molar-refractivity contribution < 1.29 is 29.7 Å². The summed E-state index contributed by atoms with van der Waals surface area (Å²) >= 11 is 1.53. The van der Waals surface area contributed by atoms with Crippen molar-refractivity contribution in [1.82, 2.24) is 9.55 Å². The van der Waals surface area contributed by atoms with Crippen molar-refractivity contribution in [3.63, 3.8) is 0 Å². The molecular weight excluding hydrogens is 456 g/mol. The van der Waals surface area contributed by atoms with Crippen LogP contribution < -0.4 is 5.11 Å². The van der Waals surface area contributed by atoms with E-state index in [1.54, 1.807) is 36.5 Å². The molecule has 0 saturated carbocycles. The Morgan fingerprint density at radius 2 is 1.82 bits per heavy atom. The van der Waals surface area contributed by atoms with Crippen molar-refractivity contribution in [3.05, 3.63) is 81.1 Å². The number of rotatable bonds is 10. The number of thiophene rings is 1. The Kier molecular flexibility index (Phi) is 10.2. The Bertz CT molecular complexity index is 1130. The van der Waals surface area contributed by atoms with Crippen molar-refractivity contribution in [2.75, 3.05) is 0 Å². The van der Waals surface area contributed by atoms with Gasteiger partial charge in [-0.3, -0.25) is 0 Å². The molecule has 180 valence electrons. The van der Waals surface area contributed by atoms with Gasteiger partial charge in [0.15, 0.2) is 0 Å². The molecule has 0 fully saturated rings. The molecule has 3 aromatic rings. The highest BCUT2D eigenvalue weighted by Gasteiger charge is 2.14. The van der Waals surface area contributed by atoms with Crippen LogP contribution in [-0.4, -0.2) is 37.7 Å². The minimum absolute atomic E-state index is 0.236. The zero-order valence-electron chi connectivity index (χ0n) is 19.1. The number of imidazole rings is 1. The first-order valence-electron chi connectivity index (χ1n) is 10.7. The van der Waals surface area contributed by atoms with E-state index in [2.05, 4.69) is 11.9 Å². The second-order valence-electron chi connectivity index (χ2n) is 7.51. The maximum absolute atomic E-state index is 11.8. The van der Waals surface area contributed by atoms with E-state index in [9.17, 15) is 14.7 Å². The molecule has 2 heterocycles. The summed E-state index contributed by atoms with van der Waals surface area (Å²) in [6.45, 7) is 3.58. The number of benzene rings is 1. The standard InChI is InChI=1S/C23H24N2O4S.C2H4O2/c1-2-3-6-21-24-14-19(12-18(23(28)29)13-20-5-4-11-30-20)25(21)15-16-7-9-17(10-8-16)22(26)27;1-2(3)4/h4-5,7-12,14H,2-3,6,13,15H2,1H3,(H,26,27)(H,28,29);1H3,(H,3,4)/p-1/b18-12+;. The number of unbranched alkanes of at least 4 members (excludes halogenated alkanes) is 1. The lowest BCUT2D eigenvalue weighted by molar-refractivity contribution is -0.302. The summed E-state index contributed by atoms with van der Waals surface area (Å²) in [7, 11) is 0. The van der Waals surface area contributed by atoms with Gasteiger partial charge in [-0.1, -0.05) is 31.5 Å². The van der Waals surface area contributed by atoms with Crippen LogP contribution in [0.1, 0.15) is 59.0 Å². The van der Waals surface area contributed by atoms with Gasteiger partial charge in [0.25, 0.3) is 0 Å². The molecule has 0 unspecified atom stereocenters. The lowest BCUT2D eigenvalue weighted by Crippen LogP contribution is -2.16. The topological polar surface area (TPSA) is 133 Å². The minimum Gasteiger partial charge on any atom is -0.550 e. The molecule has 34 heavy (non-hydrogen) atoms. The van der Waals surface area contributed by atoms with Crippen molar-refractivity contribution in [2.24, 2.45) is 0 Å². The van der Waals surface area contributed by atoms with Gasteiger partial charge in [0, 0.05) is 35.8 Å².